The summed E-state index contributed by atoms with van der Waals surface area (Å²) < 4.78 is 18.6. The summed E-state index contributed by atoms with van der Waals surface area (Å²) in [6.45, 7) is 2.83. The van der Waals surface area contributed by atoms with Gasteiger partial charge in [-0.25, -0.2) is 4.39 Å². The van der Waals surface area contributed by atoms with E-state index in [1.54, 1.807) is 29.5 Å². The van der Waals surface area contributed by atoms with Crippen LogP contribution in [0.2, 0.25) is 0 Å². The summed E-state index contributed by atoms with van der Waals surface area (Å²) in [4.78, 5) is 15.9. The van der Waals surface area contributed by atoms with E-state index in [0.717, 1.165) is 19.4 Å². The van der Waals surface area contributed by atoms with Crippen molar-refractivity contribution in [2.24, 2.45) is 0 Å². The molecule has 3 rings (SSSR count). The normalized spacial score (nSPS) is 17.1. The monoisotopic (exact) mass is 345 g/mol. The number of halogens is 1. The number of fused-ring (bicyclic) bond motifs is 1. The van der Waals surface area contributed by atoms with Gasteiger partial charge >= 0.3 is 0 Å². The summed E-state index contributed by atoms with van der Waals surface area (Å²) in [5.41, 5.74) is 1.91. The molecule has 0 radical (unpaired) electrons. The minimum atomic E-state index is -0.431. The van der Waals surface area contributed by atoms with Crippen LogP contribution in [0.4, 0.5) is 4.39 Å². The zero-order valence-corrected chi connectivity index (χ0v) is 14.6. The zero-order valence-electron chi connectivity index (χ0n) is 13.8. The second kappa shape index (κ2) is 7.18. The predicted octanol–water partition coefficient (Wildman–Crippen LogP) is 4.45. The van der Waals surface area contributed by atoms with Crippen LogP contribution < -0.4 is 4.74 Å². The number of carbonyl (C=O) groups is 1. The Morgan fingerprint density at radius 3 is 3.00 bits per heavy atom. The average molecular weight is 345 g/mol. The first kappa shape index (κ1) is 16.7. The van der Waals surface area contributed by atoms with Gasteiger partial charge in [-0.1, -0.05) is 13.0 Å². The summed E-state index contributed by atoms with van der Waals surface area (Å²) in [5, 5.41) is 2.09. The number of hydrogen-bond acceptors (Lipinski definition) is 3. The van der Waals surface area contributed by atoms with Gasteiger partial charge in [-0.3, -0.25) is 4.79 Å². The van der Waals surface area contributed by atoms with Crippen molar-refractivity contribution in [2.45, 2.75) is 25.8 Å². The minimum absolute atomic E-state index is 0.0325. The lowest BCUT2D eigenvalue weighted by Crippen LogP contribution is -2.38. The summed E-state index contributed by atoms with van der Waals surface area (Å²) in [6.07, 6.45) is 4.97. The molecule has 24 heavy (non-hydrogen) atoms. The molecule has 5 heteroatoms. The van der Waals surface area contributed by atoms with Gasteiger partial charge in [0.2, 0.25) is 5.91 Å². The number of carbonyl (C=O) groups excluding carboxylic acids is 1. The first-order valence-corrected chi connectivity index (χ1v) is 8.90. The molecule has 1 aliphatic heterocycles. The van der Waals surface area contributed by atoms with E-state index in [1.807, 2.05) is 4.90 Å². The van der Waals surface area contributed by atoms with Crippen molar-refractivity contribution in [3.05, 3.63) is 57.5 Å². The number of benzene rings is 1. The Morgan fingerprint density at radius 1 is 1.46 bits per heavy atom. The van der Waals surface area contributed by atoms with Crippen molar-refractivity contribution in [1.82, 2.24) is 4.90 Å². The van der Waals surface area contributed by atoms with E-state index in [1.165, 1.54) is 29.7 Å². The number of hydrogen-bond donors (Lipinski definition) is 0. The fourth-order valence-corrected chi connectivity index (χ4v) is 4.08. The quantitative estimate of drug-likeness (QED) is 0.767. The number of ether oxygens (including phenoxy) is 1. The van der Waals surface area contributed by atoms with Gasteiger partial charge in [0.15, 0.2) is 11.6 Å². The first-order chi connectivity index (χ1) is 11.6. The summed E-state index contributed by atoms with van der Waals surface area (Å²) in [5.74, 6) is -0.264. The van der Waals surface area contributed by atoms with E-state index in [-0.39, 0.29) is 17.7 Å². The standard InChI is InChI=1S/C19H20FNO2S/c1-3-16-14-9-11-24-18(14)8-10-21(16)19(22)7-5-13-4-6-17(23-2)15(20)12-13/h4-7,9,11-12,16H,3,8,10H2,1-2H3. The molecule has 0 spiro atoms. The van der Waals surface area contributed by atoms with Crippen LogP contribution in [0, 0.1) is 5.82 Å². The molecule has 2 aromatic rings. The van der Waals surface area contributed by atoms with E-state index in [4.69, 9.17) is 4.74 Å². The Morgan fingerprint density at radius 2 is 2.29 bits per heavy atom. The van der Waals surface area contributed by atoms with Gasteiger partial charge in [0, 0.05) is 17.5 Å². The largest absolute Gasteiger partial charge is 0.494 e. The van der Waals surface area contributed by atoms with Crippen LogP contribution in [0.3, 0.4) is 0 Å². The third-order valence-electron chi connectivity index (χ3n) is 4.36. The minimum Gasteiger partial charge on any atom is -0.494 e. The van der Waals surface area contributed by atoms with Crippen molar-refractivity contribution < 1.29 is 13.9 Å². The summed E-state index contributed by atoms with van der Waals surface area (Å²) in [7, 11) is 1.43. The molecule has 1 atom stereocenters. The predicted molar refractivity (Wildman–Crippen MR) is 94.8 cm³/mol. The lowest BCUT2D eigenvalue weighted by molar-refractivity contribution is -0.128. The SMILES string of the molecule is CCC1c2ccsc2CCN1C(=O)C=Cc1ccc(OC)c(F)c1. The third-order valence-corrected chi connectivity index (χ3v) is 5.36. The summed E-state index contributed by atoms with van der Waals surface area (Å²) >= 11 is 1.76. The number of amides is 1. The topological polar surface area (TPSA) is 29.5 Å². The fourth-order valence-electron chi connectivity index (χ4n) is 3.15. The molecule has 3 nitrogen and oxygen atoms in total. The van der Waals surface area contributed by atoms with E-state index in [9.17, 15) is 9.18 Å². The highest BCUT2D eigenvalue weighted by atomic mass is 32.1. The van der Waals surface area contributed by atoms with Crippen molar-refractivity contribution in [2.75, 3.05) is 13.7 Å². The Hall–Kier alpha value is -2.14. The fraction of sp³-hybridized carbons (Fsp3) is 0.316. The van der Waals surface area contributed by atoms with Gasteiger partial charge in [-0.15, -0.1) is 11.3 Å². The van der Waals surface area contributed by atoms with Gasteiger partial charge in [-0.2, -0.15) is 0 Å². The molecule has 2 heterocycles. The van der Waals surface area contributed by atoms with Gasteiger partial charge in [0.05, 0.1) is 13.2 Å². The lowest BCUT2D eigenvalue weighted by atomic mass is 9.97. The smallest absolute Gasteiger partial charge is 0.247 e. The lowest BCUT2D eigenvalue weighted by Gasteiger charge is -2.34. The van der Waals surface area contributed by atoms with E-state index in [2.05, 4.69) is 18.4 Å². The molecule has 1 amide bonds. The molecule has 1 aromatic carbocycles. The Kier molecular flexibility index (Phi) is 5.00. The maximum Gasteiger partial charge on any atom is 0.247 e. The number of nitrogens with zero attached hydrogens (tertiary/aromatic N) is 1. The maximum absolute atomic E-state index is 13.7. The van der Waals surface area contributed by atoms with Crippen LogP contribution in [0.5, 0.6) is 5.75 Å². The number of rotatable bonds is 4. The Labute approximate surface area is 145 Å². The molecule has 1 aliphatic rings. The zero-order chi connectivity index (χ0) is 17.1. The van der Waals surface area contributed by atoms with Crippen molar-refractivity contribution in [3.8, 4) is 5.75 Å². The molecule has 0 aliphatic carbocycles. The molecule has 1 unspecified atom stereocenters. The van der Waals surface area contributed by atoms with E-state index < -0.39 is 5.82 Å². The van der Waals surface area contributed by atoms with Gasteiger partial charge in [0.25, 0.3) is 0 Å². The van der Waals surface area contributed by atoms with Crippen molar-refractivity contribution in [1.29, 1.82) is 0 Å². The molecule has 0 fully saturated rings. The molecule has 1 aromatic heterocycles. The van der Waals surface area contributed by atoms with Gasteiger partial charge in [0.1, 0.15) is 0 Å². The van der Waals surface area contributed by atoms with Crippen LogP contribution in [0.25, 0.3) is 6.08 Å². The number of methoxy groups -OCH3 is 1. The third kappa shape index (κ3) is 3.22. The highest BCUT2D eigenvalue weighted by molar-refractivity contribution is 7.10. The number of thiophene rings is 1. The molecule has 0 bridgehead atoms. The second-order valence-electron chi connectivity index (χ2n) is 5.73. The molecule has 0 saturated heterocycles. The molecule has 0 N–H and O–H groups in total. The van der Waals surface area contributed by atoms with Gasteiger partial charge < -0.3 is 9.64 Å². The highest BCUT2D eigenvalue weighted by Crippen LogP contribution is 2.35. The molecular weight excluding hydrogens is 325 g/mol. The highest BCUT2D eigenvalue weighted by Gasteiger charge is 2.29. The van der Waals surface area contributed by atoms with Crippen LogP contribution in [0.1, 0.15) is 35.4 Å². The second-order valence-corrected chi connectivity index (χ2v) is 6.73. The van der Waals surface area contributed by atoms with Crippen molar-refractivity contribution in [3.63, 3.8) is 0 Å². The maximum atomic E-state index is 13.7. The van der Waals surface area contributed by atoms with Crippen LogP contribution in [-0.4, -0.2) is 24.5 Å². The van der Waals surface area contributed by atoms with Crippen LogP contribution in [-0.2, 0) is 11.2 Å². The molecular formula is C19H20FNO2S. The van der Waals surface area contributed by atoms with E-state index in [0.29, 0.717) is 5.56 Å². The molecule has 126 valence electrons. The molecule has 0 saturated carbocycles. The van der Waals surface area contributed by atoms with Gasteiger partial charge in [-0.05, 0) is 53.6 Å². The summed E-state index contributed by atoms with van der Waals surface area (Å²) in [6, 6.07) is 6.91. The first-order valence-electron chi connectivity index (χ1n) is 8.02. The average Bonchev–Trinajstić information content (AvgIpc) is 3.07. The Balaban J connectivity index is 1.76. The van der Waals surface area contributed by atoms with Crippen LogP contribution in [0.15, 0.2) is 35.7 Å². The van der Waals surface area contributed by atoms with E-state index >= 15 is 0 Å². The van der Waals surface area contributed by atoms with Crippen LogP contribution >= 0.6 is 11.3 Å². The Bertz CT molecular complexity index is 768. The van der Waals surface area contributed by atoms with Crippen molar-refractivity contribution >= 4 is 23.3 Å².